The van der Waals surface area contributed by atoms with Crippen LogP contribution in [0.4, 0.5) is 8.78 Å². The molecule has 0 aromatic heterocycles. The molecule has 0 N–H and O–H groups in total. The molecule has 0 saturated carbocycles. The van der Waals surface area contributed by atoms with E-state index < -0.39 is 12.2 Å². The van der Waals surface area contributed by atoms with Gasteiger partial charge in [0.1, 0.15) is 0 Å². The summed E-state index contributed by atoms with van der Waals surface area (Å²) < 4.78 is 25.0. The fourth-order valence-electron chi connectivity index (χ4n) is 1.21. The number of Topliss-reactive ketones (excluding diaryl/α,β-unsaturated/α-hetero) is 1. The molecule has 0 heterocycles. The van der Waals surface area contributed by atoms with Gasteiger partial charge in [-0.2, -0.15) is 0 Å². The predicted molar refractivity (Wildman–Crippen MR) is 54.0 cm³/mol. The quantitative estimate of drug-likeness (QED) is 0.746. The number of carbonyl (C=O) groups excluding carboxylic acids is 1. The Morgan fingerprint density at radius 3 is 2.36 bits per heavy atom. The molecule has 1 rings (SSSR count). The maximum Gasteiger partial charge on any atom is 0.300 e. The lowest BCUT2D eigenvalue weighted by molar-refractivity contribution is 0.0678. The topological polar surface area (TPSA) is 17.1 Å². The summed E-state index contributed by atoms with van der Waals surface area (Å²) in [7, 11) is 0. The van der Waals surface area contributed by atoms with E-state index in [4.69, 9.17) is 0 Å². The minimum absolute atomic E-state index is 0.0810. The molecular weight excluding hydrogens is 254 g/mol. The summed E-state index contributed by atoms with van der Waals surface area (Å²) in [6.45, 7) is 3.49. The van der Waals surface area contributed by atoms with Crippen LogP contribution < -0.4 is 0 Å². The third kappa shape index (κ3) is 2.18. The molecule has 1 nitrogen and oxygen atoms in total. The second-order valence-corrected chi connectivity index (χ2v) is 3.94. The van der Waals surface area contributed by atoms with Crippen molar-refractivity contribution in [2.45, 2.75) is 20.3 Å². The highest BCUT2D eigenvalue weighted by Crippen LogP contribution is 2.22. The highest BCUT2D eigenvalue weighted by Gasteiger charge is 2.20. The van der Waals surface area contributed by atoms with E-state index in [1.54, 1.807) is 13.0 Å². The van der Waals surface area contributed by atoms with Gasteiger partial charge in [0.2, 0.25) is 5.78 Å². The van der Waals surface area contributed by atoms with Crippen LogP contribution in [-0.4, -0.2) is 12.2 Å². The number of carbonyl (C=O) groups is 1. The predicted octanol–water partition coefficient (Wildman–Crippen LogP) is 3.51. The van der Waals surface area contributed by atoms with Crippen LogP contribution in [0.3, 0.4) is 0 Å². The highest BCUT2D eigenvalue weighted by atomic mass is 79.9. The Hall–Kier alpha value is -0.770. The van der Waals surface area contributed by atoms with Crippen molar-refractivity contribution >= 4 is 21.7 Å². The molecule has 0 bridgehead atoms. The van der Waals surface area contributed by atoms with Gasteiger partial charge in [-0.25, -0.2) is 8.78 Å². The lowest BCUT2D eigenvalue weighted by Crippen LogP contribution is -2.12. The normalized spacial score (nSPS) is 10.7. The van der Waals surface area contributed by atoms with E-state index in [9.17, 15) is 13.6 Å². The first-order valence-corrected chi connectivity index (χ1v) is 4.82. The Labute approximate surface area is 89.3 Å². The van der Waals surface area contributed by atoms with E-state index in [1.165, 1.54) is 6.07 Å². The van der Waals surface area contributed by atoms with E-state index in [0.717, 1.165) is 5.56 Å². The maximum absolute atomic E-state index is 12.2. The first-order chi connectivity index (χ1) is 6.43. The second kappa shape index (κ2) is 4.17. The molecular formula is C10H9BrF2O. The summed E-state index contributed by atoms with van der Waals surface area (Å²) in [4.78, 5) is 11.1. The second-order valence-electron chi connectivity index (χ2n) is 3.08. The van der Waals surface area contributed by atoms with Crippen LogP contribution in [0.1, 0.15) is 21.5 Å². The number of hydrogen-bond donors (Lipinski definition) is 0. The molecule has 1 aromatic carbocycles. The van der Waals surface area contributed by atoms with E-state index in [2.05, 4.69) is 15.9 Å². The Morgan fingerprint density at radius 2 is 1.86 bits per heavy atom. The van der Waals surface area contributed by atoms with Crippen molar-refractivity contribution in [3.05, 3.63) is 33.3 Å². The molecule has 0 saturated heterocycles. The zero-order valence-corrected chi connectivity index (χ0v) is 9.36. The summed E-state index contributed by atoms with van der Waals surface area (Å²) in [6, 6.07) is 3.15. The minimum Gasteiger partial charge on any atom is -0.288 e. The fourth-order valence-corrected chi connectivity index (χ4v) is 1.55. The number of alkyl halides is 2. The SMILES string of the molecule is Cc1cc(C)c(C(=O)C(F)F)cc1Br. The van der Waals surface area contributed by atoms with Gasteiger partial charge < -0.3 is 0 Å². The standard InChI is InChI=1S/C10H9BrF2O/c1-5-3-6(2)8(11)4-7(5)9(14)10(12)13/h3-4,10H,1-2H3. The highest BCUT2D eigenvalue weighted by molar-refractivity contribution is 9.10. The van der Waals surface area contributed by atoms with Gasteiger partial charge in [-0.15, -0.1) is 0 Å². The third-order valence-corrected chi connectivity index (χ3v) is 2.82. The molecule has 0 aliphatic carbocycles. The average Bonchev–Trinajstić information content (AvgIpc) is 2.10. The number of hydrogen-bond acceptors (Lipinski definition) is 1. The van der Waals surface area contributed by atoms with Crippen LogP contribution in [0.2, 0.25) is 0 Å². The lowest BCUT2D eigenvalue weighted by Gasteiger charge is -2.07. The molecule has 0 aliphatic rings. The van der Waals surface area contributed by atoms with Crippen molar-refractivity contribution < 1.29 is 13.6 Å². The average molecular weight is 263 g/mol. The van der Waals surface area contributed by atoms with Crippen molar-refractivity contribution in [1.82, 2.24) is 0 Å². The van der Waals surface area contributed by atoms with Crippen LogP contribution >= 0.6 is 15.9 Å². The van der Waals surface area contributed by atoms with Gasteiger partial charge in [-0.3, -0.25) is 4.79 Å². The molecule has 0 unspecified atom stereocenters. The Morgan fingerprint density at radius 1 is 1.29 bits per heavy atom. The lowest BCUT2D eigenvalue weighted by atomic mass is 10.0. The van der Waals surface area contributed by atoms with E-state index in [0.29, 0.717) is 10.0 Å². The molecule has 76 valence electrons. The molecule has 0 atom stereocenters. The Kier molecular flexibility index (Phi) is 3.37. The number of halogens is 3. The van der Waals surface area contributed by atoms with E-state index >= 15 is 0 Å². The number of benzene rings is 1. The number of aryl methyl sites for hydroxylation is 2. The molecule has 0 aliphatic heterocycles. The molecule has 4 heteroatoms. The largest absolute Gasteiger partial charge is 0.300 e. The van der Waals surface area contributed by atoms with Crippen molar-refractivity contribution in [3.8, 4) is 0 Å². The fraction of sp³-hybridized carbons (Fsp3) is 0.300. The van der Waals surface area contributed by atoms with Gasteiger partial charge in [0.15, 0.2) is 0 Å². The van der Waals surface area contributed by atoms with Gasteiger partial charge in [0.25, 0.3) is 0 Å². The van der Waals surface area contributed by atoms with Gasteiger partial charge >= 0.3 is 6.43 Å². The molecule has 14 heavy (non-hydrogen) atoms. The van der Waals surface area contributed by atoms with Gasteiger partial charge in [-0.05, 0) is 31.0 Å². The zero-order valence-electron chi connectivity index (χ0n) is 7.77. The summed E-state index contributed by atoms with van der Waals surface area (Å²) >= 11 is 3.20. The van der Waals surface area contributed by atoms with Crippen molar-refractivity contribution in [2.75, 3.05) is 0 Å². The van der Waals surface area contributed by atoms with Crippen molar-refractivity contribution in [3.63, 3.8) is 0 Å². The van der Waals surface area contributed by atoms with Crippen molar-refractivity contribution in [1.29, 1.82) is 0 Å². The molecule has 1 aromatic rings. The monoisotopic (exact) mass is 262 g/mol. The Balaban J connectivity index is 3.22. The van der Waals surface area contributed by atoms with Gasteiger partial charge in [0.05, 0.1) is 0 Å². The summed E-state index contributed by atoms with van der Waals surface area (Å²) in [5.74, 6) is -1.12. The summed E-state index contributed by atoms with van der Waals surface area (Å²) in [5.41, 5.74) is 1.58. The molecule has 0 amide bonds. The summed E-state index contributed by atoms with van der Waals surface area (Å²) in [6.07, 6.45) is -2.94. The van der Waals surface area contributed by atoms with E-state index in [1.807, 2.05) is 6.92 Å². The third-order valence-electron chi connectivity index (χ3n) is 1.97. The summed E-state index contributed by atoms with van der Waals surface area (Å²) in [5, 5.41) is 0. The minimum atomic E-state index is -2.94. The van der Waals surface area contributed by atoms with Gasteiger partial charge in [0, 0.05) is 10.0 Å². The first-order valence-electron chi connectivity index (χ1n) is 4.02. The van der Waals surface area contributed by atoms with Gasteiger partial charge in [-0.1, -0.05) is 22.0 Å². The maximum atomic E-state index is 12.2. The Bertz CT molecular complexity index is 375. The van der Waals surface area contributed by atoms with Crippen LogP contribution in [0.25, 0.3) is 0 Å². The van der Waals surface area contributed by atoms with Crippen LogP contribution in [0.15, 0.2) is 16.6 Å². The number of ketones is 1. The smallest absolute Gasteiger partial charge is 0.288 e. The van der Waals surface area contributed by atoms with Crippen LogP contribution in [-0.2, 0) is 0 Å². The number of rotatable bonds is 2. The first kappa shape index (κ1) is 11.3. The van der Waals surface area contributed by atoms with Crippen molar-refractivity contribution in [2.24, 2.45) is 0 Å². The molecule has 0 radical (unpaired) electrons. The van der Waals surface area contributed by atoms with Crippen LogP contribution in [0.5, 0.6) is 0 Å². The van der Waals surface area contributed by atoms with Crippen LogP contribution in [0, 0.1) is 13.8 Å². The molecule has 0 spiro atoms. The molecule has 0 fully saturated rings. The zero-order chi connectivity index (χ0) is 10.9. The van der Waals surface area contributed by atoms with E-state index in [-0.39, 0.29) is 5.56 Å².